The SMILES string of the molecule is CCNCC(C)CSc1nnc(C2CC2)n1C1CC1. The molecule has 0 bridgehead atoms. The summed E-state index contributed by atoms with van der Waals surface area (Å²) in [6.07, 6.45) is 5.26. The Morgan fingerprint density at radius 2 is 2.11 bits per heavy atom. The first-order valence-corrected chi connectivity index (χ1v) is 8.56. The first-order chi connectivity index (χ1) is 9.29. The van der Waals surface area contributed by atoms with Crippen molar-refractivity contribution in [2.24, 2.45) is 5.92 Å². The van der Waals surface area contributed by atoms with E-state index in [1.165, 1.54) is 31.5 Å². The minimum Gasteiger partial charge on any atom is -0.317 e. The number of nitrogens with one attached hydrogen (secondary N) is 1. The molecular weight excluding hydrogens is 256 g/mol. The highest BCUT2D eigenvalue weighted by Crippen LogP contribution is 2.46. The molecule has 1 aromatic rings. The van der Waals surface area contributed by atoms with E-state index < -0.39 is 0 Å². The molecule has 0 aliphatic heterocycles. The quantitative estimate of drug-likeness (QED) is 0.744. The highest BCUT2D eigenvalue weighted by atomic mass is 32.2. The first kappa shape index (κ1) is 13.4. The molecule has 0 saturated heterocycles. The summed E-state index contributed by atoms with van der Waals surface area (Å²) in [5, 5.41) is 13.5. The summed E-state index contributed by atoms with van der Waals surface area (Å²) in [5.41, 5.74) is 0. The molecule has 2 fully saturated rings. The molecule has 0 radical (unpaired) electrons. The van der Waals surface area contributed by atoms with Crippen LogP contribution in [0, 0.1) is 5.92 Å². The second-order valence-corrected chi connectivity index (χ2v) is 6.93. The maximum absolute atomic E-state index is 4.46. The van der Waals surface area contributed by atoms with Gasteiger partial charge < -0.3 is 9.88 Å². The second-order valence-electron chi connectivity index (χ2n) is 5.94. The average molecular weight is 280 g/mol. The van der Waals surface area contributed by atoms with Gasteiger partial charge in [-0.25, -0.2) is 0 Å². The fourth-order valence-electron chi connectivity index (χ4n) is 2.35. The largest absolute Gasteiger partial charge is 0.317 e. The summed E-state index contributed by atoms with van der Waals surface area (Å²) in [6, 6.07) is 0.706. The van der Waals surface area contributed by atoms with Crippen molar-refractivity contribution in [1.29, 1.82) is 0 Å². The topological polar surface area (TPSA) is 42.7 Å². The lowest BCUT2D eigenvalue weighted by Crippen LogP contribution is -2.22. The van der Waals surface area contributed by atoms with E-state index in [1.807, 2.05) is 11.8 Å². The molecule has 1 aromatic heterocycles. The molecule has 1 atom stereocenters. The molecule has 106 valence electrons. The Bertz CT molecular complexity index is 423. The first-order valence-electron chi connectivity index (χ1n) is 7.58. The van der Waals surface area contributed by atoms with E-state index in [4.69, 9.17) is 0 Å². The fourth-order valence-corrected chi connectivity index (χ4v) is 3.38. The number of aromatic nitrogens is 3. The van der Waals surface area contributed by atoms with Crippen molar-refractivity contribution in [2.45, 2.75) is 56.6 Å². The molecule has 19 heavy (non-hydrogen) atoms. The molecule has 0 amide bonds. The van der Waals surface area contributed by atoms with Crippen molar-refractivity contribution in [2.75, 3.05) is 18.8 Å². The van der Waals surface area contributed by atoms with Gasteiger partial charge in [0, 0.05) is 17.7 Å². The van der Waals surface area contributed by atoms with Gasteiger partial charge in [-0.1, -0.05) is 25.6 Å². The minimum atomic E-state index is 0.679. The van der Waals surface area contributed by atoms with E-state index in [0.717, 1.165) is 24.0 Å². The third-order valence-corrected chi connectivity index (χ3v) is 5.06. The molecule has 0 aromatic carbocycles. The number of nitrogens with zero attached hydrogens (tertiary/aromatic N) is 3. The summed E-state index contributed by atoms with van der Waals surface area (Å²) in [5.74, 6) is 3.78. The highest BCUT2D eigenvalue weighted by Gasteiger charge is 2.36. The predicted molar refractivity (Wildman–Crippen MR) is 78.7 cm³/mol. The summed E-state index contributed by atoms with van der Waals surface area (Å²) in [7, 11) is 0. The van der Waals surface area contributed by atoms with Gasteiger partial charge in [0.25, 0.3) is 0 Å². The lowest BCUT2D eigenvalue weighted by Gasteiger charge is -2.12. The molecule has 1 unspecified atom stereocenters. The summed E-state index contributed by atoms with van der Waals surface area (Å²) >= 11 is 1.89. The third-order valence-electron chi connectivity index (χ3n) is 3.79. The van der Waals surface area contributed by atoms with Crippen LogP contribution in [0.25, 0.3) is 0 Å². The van der Waals surface area contributed by atoms with E-state index in [9.17, 15) is 0 Å². The Morgan fingerprint density at radius 1 is 1.32 bits per heavy atom. The lowest BCUT2D eigenvalue weighted by atomic mass is 10.2. The van der Waals surface area contributed by atoms with E-state index in [1.54, 1.807) is 0 Å². The fraction of sp³-hybridized carbons (Fsp3) is 0.857. The normalized spacial score (nSPS) is 20.7. The van der Waals surface area contributed by atoms with Crippen molar-refractivity contribution in [1.82, 2.24) is 20.1 Å². The van der Waals surface area contributed by atoms with Crippen LogP contribution in [0.2, 0.25) is 0 Å². The van der Waals surface area contributed by atoms with Crippen molar-refractivity contribution < 1.29 is 0 Å². The van der Waals surface area contributed by atoms with Gasteiger partial charge in [0.2, 0.25) is 0 Å². The van der Waals surface area contributed by atoms with E-state index in [2.05, 4.69) is 33.9 Å². The molecule has 3 rings (SSSR count). The Morgan fingerprint density at radius 3 is 2.74 bits per heavy atom. The molecule has 4 nitrogen and oxygen atoms in total. The standard InChI is InChI=1S/C14H24N4S/c1-3-15-8-10(2)9-19-14-17-16-13(11-4-5-11)18(14)12-6-7-12/h10-12,15H,3-9H2,1-2H3. The smallest absolute Gasteiger partial charge is 0.191 e. The molecule has 1 N–H and O–H groups in total. The zero-order chi connectivity index (χ0) is 13.2. The zero-order valence-corrected chi connectivity index (χ0v) is 12.7. The van der Waals surface area contributed by atoms with E-state index >= 15 is 0 Å². The Hall–Kier alpha value is -0.550. The third kappa shape index (κ3) is 3.31. The second kappa shape index (κ2) is 5.83. The Kier molecular flexibility index (Phi) is 4.12. The summed E-state index contributed by atoms with van der Waals surface area (Å²) in [4.78, 5) is 0. The van der Waals surface area contributed by atoms with Crippen LogP contribution in [0.5, 0.6) is 0 Å². The maximum Gasteiger partial charge on any atom is 0.191 e. The Labute approximate surface area is 119 Å². The van der Waals surface area contributed by atoms with Crippen LogP contribution >= 0.6 is 11.8 Å². The van der Waals surface area contributed by atoms with Crippen molar-refractivity contribution in [3.8, 4) is 0 Å². The maximum atomic E-state index is 4.46. The number of hydrogen-bond acceptors (Lipinski definition) is 4. The predicted octanol–water partition coefficient (Wildman–Crippen LogP) is 2.83. The number of thioether (sulfide) groups is 1. The van der Waals surface area contributed by atoms with Gasteiger partial charge in [-0.3, -0.25) is 0 Å². The molecule has 5 heteroatoms. The summed E-state index contributed by atoms with van der Waals surface area (Å²) < 4.78 is 2.45. The molecule has 2 aliphatic rings. The summed E-state index contributed by atoms with van der Waals surface area (Å²) in [6.45, 7) is 6.61. The Balaban J connectivity index is 1.60. The van der Waals surface area contributed by atoms with Crippen LogP contribution in [0.4, 0.5) is 0 Å². The minimum absolute atomic E-state index is 0.679. The van der Waals surface area contributed by atoms with Crippen LogP contribution in [0.3, 0.4) is 0 Å². The molecule has 2 saturated carbocycles. The van der Waals surface area contributed by atoms with Gasteiger partial charge in [-0.15, -0.1) is 10.2 Å². The zero-order valence-electron chi connectivity index (χ0n) is 11.9. The molecule has 1 heterocycles. The van der Waals surface area contributed by atoms with Crippen molar-refractivity contribution in [3.05, 3.63) is 5.82 Å². The highest BCUT2D eigenvalue weighted by molar-refractivity contribution is 7.99. The van der Waals surface area contributed by atoms with Crippen molar-refractivity contribution in [3.63, 3.8) is 0 Å². The average Bonchev–Trinajstić information content (AvgIpc) is 3.32. The lowest BCUT2D eigenvalue weighted by molar-refractivity contribution is 0.571. The molecular formula is C14H24N4S. The van der Waals surface area contributed by atoms with Gasteiger partial charge >= 0.3 is 0 Å². The molecule has 0 spiro atoms. The van der Waals surface area contributed by atoms with Crippen LogP contribution in [0.1, 0.15) is 57.3 Å². The number of rotatable bonds is 8. The molecule has 2 aliphatic carbocycles. The van der Waals surface area contributed by atoms with E-state index in [0.29, 0.717) is 17.9 Å². The van der Waals surface area contributed by atoms with Gasteiger partial charge in [0.15, 0.2) is 5.16 Å². The van der Waals surface area contributed by atoms with Gasteiger partial charge in [-0.05, 0) is 44.7 Å². The van der Waals surface area contributed by atoms with Crippen LogP contribution in [0.15, 0.2) is 5.16 Å². The van der Waals surface area contributed by atoms with Gasteiger partial charge in [0.05, 0.1) is 0 Å². The van der Waals surface area contributed by atoms with Crippen LogP contribution in [-0.2, 0) is 0 Å². The van der Waals surface area contributed by atoms with E-state index in [-0.39, 0.29) is 0 Å². The monoisotopic (exact) mass is 280 g/mol. The van der Waals surface area contributed by atoms with Gasteiger partial charge in [0.1, 0.15) is 5.82 Å². The van der Waals surface area contributed by atoms with Gasteiger partial charge in [-0.2, -0.15) is 0 Å². The van der Waals surface area contributed by atoms with Crippen LogP contribution in [-0.4, -0.2) is 33.6 Å². The van der Waals surface area contributed by atoms with Crippen molar-refractivity contribution >= 4 is 11.8 Å². The van der Waals surface area contributed by atoms with Crippen LogP contribution < -0.4 is 5.32 Å². The number of hydrogen-bond donors (Lipinski definition) is 1.